The van der Waals surface area contributed by atoms with Gasteiger partial charge in [-0.1, -0.05) is 19.3 Å². The van der Waals surface area contributed by atoms with Crippen LogP contribution in [-0.4, -0.2) is 38.2 Å². The molecule has 1 amide bonds. The number of hydrogen-bond acceptors (Lipinski definition) is 3. The van der Waals surface area contributed by atoms with Gasteiger partial charge in [-0.2, -0.15) is 0 Å². The minimum atomic E-state index is -0.0726. The van der Waals surface area contributed by atoms with E-state index in [-0.39, 0.29) is 11.9 Å². The number of nitrogens with zero attached hydrogens (tertiary/aromatic N) is 1. The van der Waals surface area contributed by atoms with Crippen LogP contribution in [0.4, 0.5) is 0 Å². The van der Waals surface area contributed by atoms with Gasteiger partial charge in [0.15, 0.2) is 5.96 Å². The first-order valence-electron chi connectivity index (χ1n) is 6.42. The van der Waals surface area contributed by atoms with Gasteiger partial charge in [0.2, 0.25) is 5.91 Å². The third-order valence-corrected chi connectivity index (χ3v) is 3.50. The zero-order valence-electron chi connectivity index (χ0n) is 10.4. The first-order chi connectivity index (χ1) is 8.31. The monoisotopic (exact) mass is 239 g/mol. The molecule has 2 N–H and O–H groups in total. The molecule has 1 saturated carbocycles. The molecule has 96 valence electrons. The Morgan fingerprint density at radius 1 is 1.35 bits per heavy atom. The first-order valence-corrected chi connectivity index (χ1v) is 6.42. The largest absolute Gasteiger partial charge is 0.383 e. The van der Waals surface area contributed by atoms with Crippen LogP contribution in [0.15, 0.2) is 4.99 Å². The lowest BCUT2D eigenvalue weighted by molar-refractivity contribution is -0.121. The lowest BCUT2D eigenvalue weighted by Crippen LogP contribution is -2.38. The summed E-state index contributed by atoms with van der Waals surface area (Å²) in [4.78, 5) is 16.1. The van der Waals surface area contributed by atoms with Crippen molar-refractivity contribution >= 4 is 11.9 Å². The van der Waals surface area contributed by atoms with E-state index in [1.165, 1.54) is 19.3 Å². The summed E-state index contributed by atoms with van der Waals surface area (Å²) in [6, 6.07) is -0.0726. The number of ether oxygens (including phenoxy) is 1. The molecule has 0 spiro atoms. The van der Waals surface area contributed by atoms with E-state index in [2.05, 4.69) is 15.6 Å². The number of guanidine groups is 1. The van der Waals surface area contributed by atoms with Crippen LogP contribution in [-0.2, 0) is 9.53 Å². The molecule has 2 fully saturated rings. The molecule has 1 heterocycles. The van der Waals surface area contributed by atoms with Crippen LogP contribution < -0.4 is 10.6 Å². The van der Waals surface area contributed by atoms with Gasteiger partial charge < -0.3 is 10.1 Å². The van der Waals surface area contributed by atoms with E-state index in [0.29, 0.717) is 25.0 Å². The zero-order chi connectivity index (χ0) is 12.1. The van der Waals surface area contributed by atoms with Gasteiger partial charge in [-0.15, -0.1) is 0 Å². The third-order valence-electron chi connectivity index (χ3n) is 3.50. The second kappa shape index (κ2) is 6.00. The Balaban J connectivity index is 1.88. The molecule has 0 aromatic heterocycles. The maximum Gasteiger partial charge on any atom is 0.249 e. The fourth-order valence-electron chi connectivity index (χ4n) is 2.58. The van der Waals surface area contributed by atoms with Gasteiger partial charge >= 0.3 is 0 Å². The van der Waals surface area contributed by atoms with Crippen molar-refractivity contribution in [2.24, 2.45) is 10.9 Å². The van der Waals surface area contributed by atoms with E-state index in [1.54, 1.807) is 7.11 Å². The van der Waals surface area contributed by atoms with Crippen LogP contribution in [0.1, 0.15) is 32.1 Å². The fourth-order valence-corrected chi connectivity index (χ4v) is 2.58. The van der Waals surface area contributed by atoms with Crippen molar-refractivity contribution in [3.05, 3.63) is 0 Å². The van der Waals surface area contributed by atoms with Crippen molar-refractivity contribution in [3.8, 4) is 0 Å². The average molecular weight is 239 g/mol. The Hall–Kier alpha value is -1.10. The number of hydrogen-bond donors (Lipinski definition) is 2. The van der Waals surface area contributed by atoms with Crippen LogP contribution in [0.3, 0.4) is 0 Å². The highest BCUT2D eigenvalue weighted by Crippen LogP contribution is 2.27. The van der Waals surface area contributed by atoms with Crippen molar-refractivity contribution in [2.45, 2.75) is 38.1 Å². The SMILES string of the molecule is COCCN=C1NC(=O)C(C2CCCCC2)N1. The highest BCUT2D eigenvalue weighted by molar-refractivity contribution is 6.06. The number of nitrogens with one attached hydrogen (secondary N) is 2. The topological polar surface area (TPSA) is 62.7 Å². The summed E-state index contributed by atoms with van der Waals surface area (Å²) in [5.74, 6) is 1.16. The third kappa shape index (κ3) is 3.19. The number of amides is 1. The summed E-state index contributed by atoms with van der Waals surface area (Å²) in [6.45, 7) is 1.16. The number of aliphatic imine (C=N–C) groups is 1. The Morgan fingerprint density at radius 2 is 2.12 bits per heavy atom. The molecular weight excluding hydrogens is 218 g/mol. The van der Waals surface area contributed by atoms with Gasteiger partial charge in [0.25, 0.3) is 0 Å². The minimum Gasteiger partial charge on any atom is -0.383 e. The lowest BCUT2D eigenvalue weighted by Gasteiger charge is -2.25. The average Bonchev–Trinajstić information content (AvgIpc) is 2.72. The zero-order valence-corrected chi connectivity index (χ0v) is 10.4. The van der Waals surface area contributed by atoms with E-state index in [1.807, 2.05) is 0 Å². The minimum absolute atomic E-state index is 0.0726. The van der Waals surface area contributed by atoms with Crippen LogP contribution in [0.5, 0.6) is 0 Å². The Bertz CT molecular complexity index is 298. The quantitative estimate of drug-likeness (QED) is 0.708. The molecule has 17 heavy (non-hydrogen) atoms. The van der Waals surface area contributed by atoms with Crippen LogP contribution >= 0.6 is 0 Å². The van der Waals surface area contributed by atoms with Crippen LogP contribution in [0.2, 0.25) is 0 Å². The molecule has 1 aliphatic heterocycles. The Labute approximate surface area is 102 Å². The molecule has 0 radical (unpaired) electrons. The maximum atomic E-state index is 11.8. The fraction of sp³-hybridized carbons (Fsp3) is 0.833. The molecule has 1 atom stereocenters. The molecule has 0 aromatic carbocycles. The van der Waals surface area contributed by atoms with Crippen molar-refractivity contribution in [1.82, 2.24) is 10.6 Å². The predicted molar refractivity (Wildman–Crippen MR) is 65.8 cm³/mol. The molecular formula is C12H21N3O2. The second-order valence-corrected chi connectivity index (χ2v) is 4.73. The van der Waals surface area contributed by atoms with Crippen molar-refractivity contribution in [2.75, 3.05) is 20.3 Å². The molecule has 0 aromatic rings. The van der Waals surface area contributed by atoms with Gasteiger partial charge in [0.05, 0.1) is 13.2 Å². The predicted octanol–water partition coefficient (Wildman–Crippen LogP) is 0.657. The molecule has 1 unspecified atom stereocenters. The van der Waals surface area contributed by atoms with Crippen LogP contribution in [0.25, 0.3) is 0 Å². The number of methoxy groups -OCH3 is 1. The van der Waals surface area contributed by atoms with Gasteiger partial charge in [0.1, 0.15) is 6.04 Å². The first kappa shape index (κ1) is 12.4. The van der Waals surface area contributed by atoms with E-state index in [9.17, 15) is 4.79 Å². The van der Waals surface area contributed by atoms with Gasteiger partial charge in [-0.05, 0) is 18.8 Å². The highest BCUT2D eigenvalue weighted by Gasteiger charge is 2.35. The van der Waals surface area contributed by atoms with Crippen LogP contribution in [0, 0.1) is 5.92 Å². The van der Waals surface area contributed by atoms with Crippen molar-refractivity contribution < 1.29 is 9.53 Å². The summed E-state index contributed by atoms with van der Waals surface area (Å²) in [7, 11) is 1.64. The standard InChI is InChI=1S/C12H21N3O2/c1-17-8-7-13-12-14-10(11(16)15-12)9-5-3-2-4-6-9/h9-10H,2-8H2,1H3,(H2,13,14,15,16). The summed E-state index contributed by atoms with van der Waals surface area (Å²) in [5, 5.41) is 6.01. The van der Waals surface area contributed by atoms with Crippen molar-refractivity contribution in [3.63, 3.8) is 0 Å². The van der Waals surface area contributed by atoms with Gasteiger partial charge in [-0.25, -0.2) is 0 Å². The molecule has 1 aliphatic carbocycles. The van der Waals surface area contributed by atoms with Crippen molar-refractivity contribution in [1.29, 1.82) is 0 Å². The number of carbonyl (C=O) groups is 1. The molecule has 1 saturated heterocycles. The smallest absolute Gasteiger partial charge is 0.249 e. The Morgan fingerprint density at radius 3 is 2.82 bits per heavy atom. The van der Waals surface area contributed by atoms with Gasteiger partial charge in [-0.3, -0.25) is 15.1 Å². The summed E-state index contributed by atoms with van der Waals surface area (Å²) in [5.41, 5.74) is 0. The molecule has 5 heteroatoms. The van der Waals surface area contributed by atoms with E-state index < -0.39 is 0 Å². The summed E-state index contributed by atoms with van der Waals surface area (Å²) in [6.07, 6.45) is 6.09. The second-order valence-electron chi connectivity index (χ2n) is 4.73. The van der Waals surface area contributed by atoms with Gasteiger partial charge in [0, 0.05) is 7.11 Å². The molecule has 2 rings (SSSR count). The molecule has 5 nitrogen and oxygen atoms in total. The number of rotatable bonds is 4. The summed E-state index contributed by atoms with van der Waals surface area (Å²) >= 11 is 0. The summed E-state index contributed by atoms with van der Waals surface area (Å²) < 4.78 is 4.92. The highest BCUT2D eigenvalue weighted by atomic mass is 16.5. The number of carbonyl (C=O) groups excluding carboxylic acids is 1. The Kier molecular flexibility index (Phi) is 4.36. The molecule has 0 bridgehead atoms. The lowest BCUT2D eigenvalue weighted by atomic mass is 9.84. The van der Waals surface area contributed by atoms with E-state index >= 15 is 0 Å². The normalized spacial score (nSPS) is 28.2. The van der Waals surface area contributed by atoms with E-state index in [4.69, 9.17) is 4.74 Å². The van der Waals surface area contributed by atoms with E-state index in [0.717, 1.165) is 12.8 Å². The maximum absolute atomic E-state index is 11.8. The molecule has 2 aliphatic rings.